The summed E-state index contributed by atoms with van der Waals surface area (Å²) in [6.45, 7) is 8.63. The second-order valence-corrected chi connectivity index (χ2v) is 11.8. The first-order valence-corrected chi connectivity index (χ1v) is 15.4. The Labute approximate surface area is 261 Å². The van der Waals surface area contributed by atoms with E-state index in [9.17, 15) is 9.90 Å². The van der Waals surface area contributed by atoms with Gasteiger partial charge in [-0.3, -0.25) is 0 Å². The van der Waals surface area contributed by atoms with E-state index in [1.165, 1.54) is 0 Å². The van der Waals surface area contributed by atoms with Crippen molar-refractivity contribution in [3.05, 3.63) is 87.6 Å². The van der Waals surface area contributed by atoms with Crippen molar-refractivity contribution in [2.75, 3.05) is 0 Å². The molecule has 0 fully saturated rings. The fourth-order valence-corrected chi connectivity index (χ4v) is 6.14. The average Bonchev–Trinajstić information content (AvgIpc) is 3.57. The van der Waals surface area contributed by atoms with Crippen molar-refractivity contribution in [1.82, 2.24) is 14.7 Å². The van der Waals surface area contributed by atoms with Gasteiger partial charge in [0.15, 0.2) is 0 Å². The van der Waals surface area contributed by atoms with Crippen LogP contribution in [0.1, 0.15) is 87.0 Å². The molecule has 0 amide bonds. The fraction of sp³-hybridized carbons (Fsp3) is 0.324. The van der Waals surface area contributed by atoms with Gasteiger partial charge in [-0.2, -0.15) is 0 Å². The van der Waals surface area contributed by atoms with Crippen LogP contribution >= 0.6 is 23.2 Å². The number of hydrogen-bond acceptors (Lipinski definition) is 5. The lowest BCUT2D eigenvalue weighted by Crippen LogP contribution is -2.11. The smallest absolute Gasteiger partial charge is 0.335 e. The van der Waals surface area contributed by atoms with Crippen molar-refractivity contribution in [2.45, 2.75) is 71.9 Å². The Kier molecular flexibility index (Phi) is 9.43. The molecule has 0 bridgehead atoms. The number of halogens is 2. The number of rotatable bonds is 12. The Morgan fingerprint density at radius 2 is 1.67 bits per heavy atom. The van der Waals surface area contributed by atoms with E-state index in [0.29, 0.717) is 27.1 Å². The number of imidazole rings is 1. The Morgan fingerprint density at radius 3 is 2.28 bits per heavy atom. The predicted molar refractivity (Wildman–Crippen MR) is 171 cm³/mol. The fourth-order valence-electron chi connectivity index (χ4n) is 5.56. The quantitative estimate of drug-likeness (QED) is 0.149. The van der Waals surface area contributed by atoms with Crippen molar-refractivity contribution in [1.29, 1.82) is 0 Å². The Morgan fingerprint density at radius 1 is 1.00 bits per heavy atom. The molecule has 0 spiro atoms. The van der Waals surface area contributed by atoms with Crippen LogP contribution in [0.5, 0.6) is 5.75 Å². The predicted octanol–water partition coefficient (Wildman–Crippen LogP) is 10.2. The van der Waals surface area contributed by atoms with Gasteiger partial charge in [0.1, 0.15) is 29.6 Å². The van der Waals surface area contributed by atoms with E-state index in [4.69, 9.17) is 37.4 Å². The van der Waals surface area contributed by atoms with Crippen LogP contribution in [0.25, 0.3) is 33.7 Å². The van der Waals surface area contributed by atoms with Gasteiger partial charge < -0.3 is 18.9 Å². The second kappa shape index (κ2) is 13.2. The van der Waals surface area contributed by atoms with Crippen LogP contribution in [0, 0.1) is 0 Å². The van der Waals surface area contributed by atoms with Crippen molar-refractivity contribution in [3.8, 4) is 28.4 Å². The first kappa shape index (κ1) is 30.6. The Balaban J connectivity index is 1.48. The Hall–Kier alpha value is -3.81. The molecule has 0 saturated heterocycles. The third-order valence-corrected chi connectivity index (χ3v) is 8.21. The van der Waals surface area contributed by atoms with E-state index in [1.807, 2.05) is 38.1 Å². The van der Waals surface area contributed by atoms with Gasteiger partial charge in [-0.15, -0.1) is 0 Å². The summed E-state index contributed by atoms with van der Waals surface area (Å²) in [6.07, 6.45) is 3.97. The molecule has 0 atom stereocenters. The number of ether oxygens (including phenoxy) is 1. The molecule has 5 aromatic rings. The highest BCUT2D eigenvalue weighted by molar-refractivity contribution is 6.39. The summed E-state index contributed by atoms with van der Waals surface area (Å²) >= 11 is 13.0. The largest absolute Gasteiger partial charge is 0.489 e. The zero-order valence-corrected chi connectivity index (χ0v) is 26.2. The van der Waals surface area contributed by atoms with Gasteiger partial charge in [-0.05, 0) is 67.4 Å². The summed E-state index contributed by atoms with van der Waals surface area (Å²) in [5.74, 6) is 1.33. The Bertz CT molecular complexity index is 1710. The molecule has 0 saturated carbocycles. The van der Waals surface area contributed by atoms with Crippen LogP contribution in [0.4, 0.5) is 0 Å². The lowest BCUT2D eigenvalue weighted by molar-refractivity contribution is 0.0697. The van der Waals surface area contributed by atoms with Crippen molar-refractivity contribution >= 4 is 40.2 Å². The summed E-state index contributed by atoms with van der Waals surface area (Å²) in [5.41, 5.74) is 4.78. The summed E-state index contributed by atoms with van der Waals surface area (Å²) in [6, 6.07) is 18.5. The lowest BCUT2D eigenvalue weighted by atomic mass is 10.0. The monoisotopic (exact) mass is 619 g/mol. The number of aromatic nitrogens is 3. The van der Waals surface area contributed by atoms with Gasteiger partial charge in [-0.25, -0.2) is 9.78 Å². The highest BCUT2D eigenvalue weighted by atomic mass is 35.5. The highest BCUT2D eigenvalue weighted by Gasteiger charge is 2.24. The molecular formula is C34H35Cl2N3O4. The van der Waals surface area contributed by atoms with Crippen LogP contribution < -0.4 is 4.74 Å². The molecule has 0 radical (unpaired) electrons. The molecule has 2 aromatic heterocycles. The third kappa shape index (κ3) is 6.29. The molecule has 0 aliphatic carbocycles. The van der Waals surface area contributed by atoms with E-state index < -0.39 is 5.97 Å². The molecule has 0 unspecified atom stereocenters. The van der Waals surface area contributed by atoms with Gasteiger partial charge in [0, 0.05) is 23.1 Å². The van der Waals surface area contributed by atoms with Crippen LogP contribution in [-0.2, 0) is 6.61 Å². The lowest BCUT2D eigenvalue weighted by Gasteiger charge is -2.21. The molecule has 9 heteroatoms. The van der Waals surface area contributed by atoms with Crippen molar-refractivity contribution in [3.63, 3.8) is 0 Å². The van der Waals surface area contributed by atoms with Crippen LogP contribution in [0.15, 0.2) is 65.2 Å². The molecule has 5 rings (SSSR count). The molecule has 3 aromatic carbocycles. The van der Waals surface area contributed by atoms with E-state index in [0.717, 1.165) is 59.4 Å². The topological polar surface area (TPSA) is 90.4 Å². The molecule has 1 N–H and O–H groups in total. The highest BCUT2D eigenvalue weighted by Crippen LogP contribution is 2.39. The zero-order valence-electron chi connectivity index (χ0n) is 24.7. The van der Waals surface area contributed by atoms with E-state index in [-0.39, 0.29) is 24.1 Å². The SMILES string of the molecule is CCCC(CCC)n1c(-c2ccc(OCc3c(-c4c(Cl)cccc4Cl)noc3C(C)C)cc2)nc2ccc(C(=O)O)cc21. The molecule has 43 heavy (non-hydrogen) atoms. The zero-order chi connectivity index (χ0) is 30.7. The number of carbonyl (C=O) groups is 1. The summed E-state index contributed by atoms with van der Waals surface area (Å²) in [7, 11) is 0. The van der Waals surface area contributed by atoms with E-state index in [2.05, 4.69) is 23.6 Å². The first-order valence-electron chi connectivity index (χ1n) is 14.6. The minimum atomic E-state index is -0.950. The minimum Gasteiger partial charge on any atom is -0.489 e. The third-order valence-electron chi connectivity index (χ3n) is 7.58. The second-order valence-electron chi connectivity index (χ2n) is 11.0. The standard InChI is InChI=1S/C34H35Cl2N3O4/c1-5-8-23(9-6-2)39-29-18-22(34(40)41)14-17-28(29)37-33(39)21-12-15-24(16-13-21)42-19-25-31(38-43-32(25)20(3)4)30-26(35)10-7-11-27(30)36/h7,10-18,20,23H,5-6,8-9,19H2,1-4H3,(H,40,41). The number of hydrogen-bond donors (Lipinski definition) is 1. The number of carboxylic acids is 1. The number of benzene rings is 3. The number of fused-ring (bicyclic) bond motifs is 1. The minimum absolute atomic E-state index is 0.0808. The average molecular weight is 621 g/mol. The van der Waals surface area contributed by atoms with E-state index in [1.54, 1.807) is 36.4 Å². The number of nitrogens with zero attached hydrogens (tertiary/aromatic N) is 3. The van der Waals surface area contributed by atoms with Gasteiger partial charge in [-0.1, -0.05) is 75.0 Å². The normalized spacial score (nSPS) is 11.6. The molecule has 224 valence electrons. The summed E-state index contributed by atoms with van der Waals surface area (Å²) in [4.78, 5) is 16.7. The molecular weight excluding hydrogens is 585 g/mol. The maximum absolute atomic E-state index is 11.8. The van der Waals surface area contributed by atoms with Crippen LogP contribution in [-0.4, -0.2) is 25.8 Å². The first-order chi connectivity index (χ1) is 20.7. The summed E-state index contributed by atoms with van der Waals surface area (Å²) in [5, 5.41) is 14.9. The van der Waals surface area contributed by atoms with Gasteiger partial charge >= 0.3 is 5.97 Å². The molecule has 0 aliphatic heterocycles. The van der Waals surface area contributed by atoms with Crippen molar-refractivity contribution < 1.29 is 19.2 Å². The summed E-state index contributed by atoms with van der Waals surface area (Å²) < 4.78 is 14.2. The maximum Gasteiger partial charge on any atom is 0.335 e. The van der Waals surface area contributed by atoms with Crippen LogP contribution in [0.2, 0.25) is 10.0 Å². The van der Waals surface area contributed by atoms with E-state index >= 15 is 0 Å². The molecule has 0 aliphatic rings. The van der Waals surface area contributed by atoms with Crippen molar-refractivity contribution in [2.24, 2.45) is 0 Å². The van der Waals surface area contributed by atoms with Gasteiger partial charge in [0.05, 0.1) is 32.2 Å². The van der Waals surface area contributed by atoms with Gasteiger partial charge in [0.25, 0.3) is 0 Å². The van der Waals surface area contributed by atoms with Crippen LogP contribution in [0.3, 0.4) is 0 Å². The molecule has 2 heterocycles. The maximum atomic E-state index is 11.8. The number of carboxylic acid groups (broad SMARTS) is 1. The number of aromatic carboxylic acids is 1. The molecule has 7 nitrogen and oxygen atoms in total. The van der Waals surface area contributed by atoms with Gasteiger partial charge in [0.2, 0.25) is 0 Å².